The predicted molar refractivity (Wildman–Crippen MR) is 85.0 cm³/mol. The summed E-state index contributed by atoms with van der Waals surface area (Å²) in [6, 6.07) is 8.02. The van der Waals surface area contributed by atoms with Gasteiger partial charge in [0.05, 0.1) is 12.6 Å². The van der Waals surface area contributed by atoms with Gasteiger partial charge < -0.3 is 20.1 Å². The van der Waals surface area contributed by atoms with E-state index in [1.807, 2.05) is 32.9 Å². The van der Waals surface area contributed by atoms with Crippen LogP contribution in [0.4, 0.5) is 10.5 Å². The Morgan fingerprint density at radius 1 is 1.45 bits per heavy atom. The normalized spacial score (nSPS) is 26.9. The number of fused-ring (bicyclic) bond motifs is 2. The van der Waals surface area contributed by atoms with Crippen molar-refractivity contribution in [2.24, 2.45) is 0 Å². The van der Waals surface area contributed by atoms with E-state index in [4.69, 9.17) is 4.74 Å². The molecule has 2 aliphatic rings. The summed E-state index contributed by atoms with van der Waals surface area (Å²) in [5.41, 5.74) is 1.71. The minimum atomic E-state index is -0.529. The highest BCUT2D eigenvalue weighted by atomic mass is 16.6. The molecular weight excluding hydrogens is 280 g/mol. The van der Waals surface area contributed by atoms with Gasteiger partial charge in [-0.3, -0.25) is 0 Å². The zero-order valence-corrected chi connectivity index (χ0v) is 13.4. The molecule has 2 atom stereocenters. The van der Waals surface area contributed by atoms with Gasteiger partial charge in [-0.1, -0.05) is 18.2 Å². The van der Waals surface area contributed by atoms with Crippen molar-refractivity contribution >= 4 is 11.8 Å². The molecule has 2 heterocycles. The van der Waals surface area contributed by atoms with Crippen molar-refractivity contribution in [1.82, 2.24) is 4.90 Å². The molecule has 0 saturated carbocycles. The monoisotopic (exact) mass is 304 g/mol. The van der Waals surface area contributed by atoms with E-state index in [0.29, 0.717) is 6.54 Å². The number of rotatable bonds is 1. The molecule has 1 aromatic carbocycles. The average molecular weight is 304 g/mol. The molecule has 1 aromatic rings. The van der Waals surface area contributed by atoms with E-state index < -0.39 is 5.60 Å². The third kappa shape index (κ3) is 2.54. The third-order valence-corrected chi connectivity index (χ3v) is 4.49. The van der Waals surface area contributed by atoms with E-state index in [9.17, 15) is 9.90 Å². The van der Waals surface area contributed by atoms with E-state index in [0.717, 1.165) is 18.7 Å². The van der Waals surface area contributed by atoms with Crippen molar-refractivity contribution in [2.75, 3.05) is 25.0 Å². The third-order valence-electron chi connectivity index (χ3n) is 4.49. The van der Waals surface area contributed by atoms with Gasteiger partial charge in [0.15, 0.2) is 0 Å². The fraction of sp³-hybridized carbons (Fsp3) is 0.588. The summed E-state index contributed by atoms with van der Waals surface area (Å²) in [7, 11) is 0. The largest absolute Gasteiger partial charge is 0.444 e. The summed E-state index contributed by atoms with van der Waals surface area (Å²) >= 11 is 0. The van der Waals surface area contributed by atoms with Crippen LogP contribution in [0, 0.1) is 0 Å². The van der Waals surface area contributed by atoms with Gasteiger partial charge in [0.2, 0.25) is 0 Å². The Morgan fingerprint density at radius 3 is 2.86 bits per heavy atom. The Labute approximate surface area is 131 Å². The molecule has 2 N–H and O–H groups in total. The molecule has 1 spiro atoms. The predicted octanol–water partition coefficient (Wildman–Crippen LogP) is 2.35. The van der Waals surface area contributed by atoms with Gasteiger partial charge >= 0.3 is 6.09 Å². The van der Waals surface area contributed by atoms with Crippen molar-refractivity contribution in [2.45, 2.75) is 44.2 Å². The Hall–Kier alpha value is -1.75. The number of aliphatic hydroxyl groups is 1. The van der Waals surface area contributed by atoms with Gasteiger partial charge in [0, 0.05) is 24.2 Å². The quantitative estimate of drug-likeness (QED) is 0.836. The van der Waals surface area contributed by atoms with Crippen LogP contribution in [0.1, 0.15) is 32.8 Å². The summed E-state index contributed by atoms with van der Waals surface area (Å²) in [6.45, 7) is 6.91. The van der Waals surface area contributed by atoms with E-state index in [1.165, 1.54) is 5.56 Å². The number of carbonyl (C=O) groups is 1. The lowest BCUT2D eigenvalue weighted by Crippen LogP contribution is -2.42. The van der Waals surface area contributed by atoms with Gasteiger partial charge in [0.25, 0.3) is 0 Å². The molecule has 5 heteroatoms. The summed E-state index contributed by atoms with van der Waals surface area (Å²) in [4.78, 5) is 14.1. The zero-order valence-electron chi connectivity index (χ0n) is 13.4. The second-order valence-corrected chi connectivity index (χ2v) is 7.33. The molecule has 1 fully saturated rings. The van der Waals surface area contributed by atoms with Crippen molar-refractivity contribution in [3.8, 4) is 0 Å². The highest BCUT2D eigenvalue weighted by Crippen LogP contribution is 2.45. The average Bonchev–Trinajstić information content (AvgIpc) is 3.00. The minimum Gasteiger partial charge on any atom is -0.444 e. The number of amides is 1. The molecular formula is C17H24N2O3. The molecule has 5 nitrogen and oxygen atoms in total. The van der Waals surface area contributed by atoms with Crippen LogP contribution in [0.15, 0.2) is 24.3 Å². The van der Waals surface area contributed by atoms with E-state index >= 15 is 0 Å². The Bertz CT molecular complexity index is 582. The molecule has 1 amide bonds. The lowest BCUT2D eigenvalue weighted by atomic mass is 9.80. The van der Waals surface area contributed by atoms with Crippen molar-refractivity contribution in [3.63, 3.8) is 0 Å². The van der Waals surface area contributed by atoms with Gasteiger partial charge in [-0.2, -0.15) is 0 Å². The van der Waals surface area contributed by atoms with Crippen molar-refractivity contribution in [3.05, 3.63) is 29.8 Å². The van der Waals surface area contributed by atoms with Crippen LogP contribution in [-0.2, 0) is 10.2 Å². The van der Waals surface area contributed by atoms with Crippen LogP contribution in [0.25, 0.3) is 0 Å². The van der Waals surface area contributed by atoms with Gasteiger partial charge in [0.1, 0.15) is 5.60 Å². The fourth-order valence-corrected chi connectivity index (χ4v) is 3.56. The number of benzene rings is 1. The van der Waals surface area contributed by atoms with E-state index in [1.54, 1.807) is 4.90 Å². The fourth-order valence-electron chi connectivity index (χ4n) is 3.56. The highest BCUT2D eigenvalue weighted by Gasteiger charge is 2.50. The first kappa shape index (κ1) is 15.2. The second kappa shape index (κ2) is 5.16. The van der Waals surface area contributed by atoms with Crippen LogP contribution in [-0.4, -0.2) is 47.4 Å². The maximum absolute atomic E-state index is 12.5. The first-order chi connectivity index (χ1) is 10.3. The summed E-state index contributed by atoms with van der Waals surface area (Å²) in [5.74, 6) is 0. The summed E-state index contributed by atoms with van der Waals surface area (Å²) in [6.07, 6.45) is 0.417. The maximum atomic E-state index is 12.5. The zero-order chi connectivity index (χ0) is 16.0. The molecule has 120 valence electrons. The molecule has 22 heavy (non-hydrogen) atoms. The second-order valence-electron chi connectivity index (χ2n) is 7.33. The van der Waals surface area contributed by atoms with Crippen LogP contribution in [0.2, 0.25) is 0 Å². The van der Waals surface area contributed by atoms with Gasteiger partial charge in [-0.25, -0.2) is 4.79 Å². The smallest absolute Gasteiger partial charge is 0.410 e. The number of nitrogens with zero attached hydrogens (tertiary/aromatic N) is 1. The molecule has 1 saturated heterocycles. The molecule has 0 aliphatic carbocycles. The first-order valence-corrected chi connectivity index (χ1v) is 7.78. The summed E-state index contributed by atoms with van der Waals surface area (Å²) < 4.78 is 5.50. The summed E-state index contributed by atoms with van der Waals surface area (Å²) in [5, 5.41) is 13.1. The number of anilines is 1. The SMILES string of the molecule is CC(C)(C)OC(=O)N1C[C@]2(CNc3ccccc32)C[C@H]1CO. The molecule has 0 aromatic heterocycles. The van der Waals surface area contributed by atoms with Gasteiger partial charge in [-0.15, -0.1) is 0 Å². The van der Waals surface area contributed by atoms with Gasteiger partial charge in [-0.05, 0) is 38.8 Å². The molecule has 2 aliphatic heterocycles. The molecule has 3 rings (SSSR count). The van der Waals surface area contributed by atoms with E-state index in [2.05, 4.69) is 17.4 Å². The molecule has 0 bridgehead atoms. The van der Waals surface area contributed by atoms with Crippen LogP contribution < -0.4 is 5.32 Å². The molecule has 0 unspecified atom stereocenters. The number of para-hydroxylation sites is 1. The standard InChI is InChI=1S/C17H24N2O3/c1-16(2,3)22-15(21)19-11-17(8-12(19)9-20)10-18-14-7-5-4-6-13(14)17/h4-7,12,18,20H,8-11H2,1-3H3/t12-,17+/m0/s1. The number of hydrogen-bond donors (Lipinski definition) is 2. The Kier molecular flexibility index (Phi) is 3.56. The number of likely N-dealkylation sites (tertiary alicyclic amines) is 1. The number of nitrogens with one attached hydrogen (secondary N) is 1. The Morgan fingerprint density at radius 2 is 2.18 bits per heavy atom. The first-order valence-electron chi connectivity index (χ1n) is 7.78. The lowest BCUT2D eigenvalue weighted by molar-refractivity contribution is 0.0171. The Balaban J connectivity index is 1.86. The van der Waals surface area contributed by atoms with Crippen molar-refractivity contribution < 1.29 is 14.6 Å². The maximum Gasteiger partial charge on any atom is 0.410 e. The lowest BCUT2D eigenvalue weighted by Gasteiger charge is -2.28. The van der Waals surface area contributed by atoms with E-state index in [-0.39, 0.29) is 24.2 Å². The highest BCUT2D eigenvalue weighted by molar-refractivity contribution is 5.71. The number of hydrogen-bond acceptors (Lipinski definition) is 4. The van der Waals surface area contributed by atoms with Crippen LogP contribution in [0.3, 0.4) is 0 Å². The van der Waals surface area contributed by atoms with Crippen LogP contribution >= 0.6 is 0 Å². The molecule has 0 radical (unpaired) electrons. The number of aliphatic hydroxyl groups excluding tert-OH is 1. The minimum absolute atomic E-state index is 0.0385. The number of carbonyl (C=O) groups excluding carboxylic acids is 1. The van der Waals surface area contributed by atoms with Crippen LogP contribution in [0.5, 0.6) is 0 Å². The number of ether oxygens (including phenoxy) is 1. The topological polar surface area (TPSA) is 61.8 Å². The van der Waals surface area contributed by atoms with Crippen molar-refractivity contribution in [1.29, 1.82) is 0 Å².